The molecule has 0 atom stereocenters. The minimum absolute atomic E-state index is 0.261. The number of anilines is 2. The molecule has 25 heavy (non-hydrogen) atoms. The van der Waals surface area contributed by atoms with Gasteiger partial charge >= 0.3 is 5.97 Å². The Labute approximate surface area is 150 Å². The Kier molecular flexibility index (Phi) is 6.73. The topological polar surface area (TPSA) is 89.5 Å². The molecule has 1 aromatic carbocycles. The van der Waals surface area contributed by atoms with E-state index in [1.807, 2.05) is 0 Å². The molecule has 0 unspecified atom stereocenters. The first-order valence-corrected chi connectivity index (χ1v) is 7.80. The molecular formula is C17H18ClN3O4. The molecule has 0 spiro atoms. The fourth-order valence-electron chi connectivity index (χ4n) is 2.02. The third kappa shape index (κ3) is 5.17. The molecule has 1 heterocycles. The molecule has 0 aliphatic rings. The Hall–Kier alpha value is -2.64. The number of carbonyl (C=O) groups excluding carboxylic acids is 2. The largest absolute Gasteiger partial charge is 0.465 e. The SMILES string of the molecule is COCCNC(=O)c1cncc(Nc2cc(C(=O)OC)ccc2Cl)c1. The van der Waals surface area contributed by atoms with Crippen LogP contribution < -0.4 is 10.6 Å². The molecule has 1 aromatic heterocycles. The van der Waals surface area contributed by atoms with E-state index in [0.717, 1.165) is 0 Å². The molecule has 2 N–H and O–H groups in total. The Balaban J connectivity index is 2.17. The number of nitrogens with one attached hydrogen (secondary N) is 2. The van der Waals surface area contributed by atoms with Crippen LogP contribution in [-0.2, 0) is 9.47 Å². The fourth-order valence-corrected chi connectivity index (χ4v) is 2.19. The summed E-state index contributed by atoms with van der Waals surface area (Å²) >= 11 is 6.15. The molecule has 0 saturated carbocycles. The van der Waals surface area contributed by atoms with Crippen LogP contribution in [-0.4, -0.2) is 44.2 Å². The second-order valence-electron chi connectivity index (χ2n) is 5.02. The maximum absolute atomic E-state index is 12.1. The predicted molar refractivity (Wildman–Crippen MR) is 94.5 cm³/mol. The molecule has 7 nitrogen and oxygen atoms in total. The molecule has 0 radical (unpaired) electrons. The fraction of sp³-hybridized carbons (Fsp3) is 0.235. The number of ether oxygens (including phenoxy) is 2. The quantitative estimate of drug-likeness (QED) is 0.580. The molecule has 0 bridgehead atoms. The number of methoxy groups -OCH3 is 2. The molecule has 8 heteroatoms. The van der Waals surface area contributed by atoms with Gasteiger partial charge in [-0.15, -0.1) is 0 Å². The van der Waals surface area contributed by atoms with Crippen molar-refractivity contribution in [3.8, 4) is 0 Å². The van der Waals surface area contributed by atoms with E-state index < -0.39 is 5.97 Å². The summed E-state index contributed by atoms with van der Waals surface area (Å²) < 4.78 is 9.58. The molecule has 0 aliphatic carbocycles. The van der Waals surface area contributed by atoms with Gasteiger partial charge in [-0.25, -0.2) is 4.79 Å². The highest BCUT2D eigenvalue weighted by molar-refractivity contribution is 6.33. The van der Waals surface area contributed by atoms with E-state index in [1.54, 1.807) is 37.6 Å². The maximum Gasteiger partial charge on any atom is 0.337 e. The lowest BCUT2D eigenvalue weighted by Crippen LogP contribution is -2.27. The number of nitrogens with zero attached hydrogens (tertiary/aromatic N) is 1. The van der Waals surface area contributed by atoms with Crippen LogP contribution in [0.25, 0.3) is 0 Å². The lowest BCUT2D eigenvalue weighted by Gasteiger charge is -2.11. The number of hydrogen-bond donors (Lipinski definition) is 2. The van der Waals surface area contributed by atoms with Crippen molar-refractivity contribution in [1.82, 2.24) is 10.3 Å². The Bertz CT molecular complexity index is 767. The average Bonchev–Trinajstić information content (AvgIpc) is 2.63. The number of halogens is 1. The standard InChI is InChI=1S/C17H18ClN3O4/c1-24-6-5-20-16(22)12-7-13(10-19-9-12)21-15-8-11(17(23)25-2)3-4-14(15)18/h3-4,7-10,21H,5-6H2,1-2H3,(H,20,22). The first kappa shape index (κ1) is 18.7. The van der Waals surface area contributed by atoms with Gasteiger partial charge in [0.1, 0.15) is 0 Å². The maximum atomic E-state index is 12.1. The number of rotatable bonds is 7. The molecule has 0 fully saturated rings. The average molecular weight is 364 g/mol. The van der Waals surface area contributed by atoms with E-state index >= 15 is 0 Å². The zero-order valence-corrected chi connectivity index (χ0v) is 14.6. The van der Waals surface area contributed by atoms with E-state index in [2.05, 4.69) is 15.6 Å². The minimum Gasteiger partial charge on any atom is -0.465 e. The summed E-state index contributed by atoms with van der Waals surface area (Å²) in [6, 6.07) is 6.36. The van der Waals surface area contributed by atoms with Gasteiger partial charge in [0, 0.05) is 19.9 Å². The van der Waals surface area contributed by atoms with Crippen molar-refractivity contribution in [2.45, 2.75) is 0 Å². The number of pyridine rings is 1. The smallest absolute Gasteiger partial charge is 0.337 e. The van der Waals surface area contributed by atoms with Crippen molar-refractivity contribution >= 4 is 34.9 Å². The molecule has 0 aliphatic heterocycles. The first-order valence-electron chi connectivity index (χ1n) is 7.42. The first-order chi connectivity index (χ1) is 12.0. The summed E-state index contributed by atoms with van der Waals surface area (Å²) in [6.07, 6.45) is 3.01. The third-order valence-electron chi connectivity index (χ3n) is 3.26. The highest BCUT2D eigenvalue weighted by Gasteiger charge is 2.11. The number of amides is 1. The van der Waals surface area contributed by atoms with Crippen LogP contribution in [0.3, 0.4) is 0 Å². The van der Waals surface area contributed by atoms with Gasteiger partial charge in [-0.1, -0.05) is 11.6 Å². The summed E-state index contributed by atoms with van der Waals surface area (Å²) in [5.41, 5.74) is 1.81. The summed E-state index contributed by atoms with van der Waals surface area (Å²) in [4.78, 5) is 27.7. The zero-order chi connectivity index (χ0) is 18.2. The summed E-state index contributed by atoms with van der Waals surface area (Å²) in [5.74, 6) is -0.730. The van der Waals surface area contributed by atoms with Crippen molar-refractivity contribution in [2.24, 2.45) is 0 Å². The molecular weight excluding hydrogens is 346 g/mol. The van der Waals surface area contributed by atoms with Gasteiger partial charge in [-0.05, 0) is 24.3 Å². The lowest BCUT2D eigenvalue weighted by molar-refractivity contribution is 0.0600. The van der Waals surface area contributed by atoms with Gasteiger partial charge in [0.05, 0.1) is 47.4 Å². The van der Waals surface area contributed by atoms with Crippen molar-refractivity contribution in [2.75, 3.05) is 32.7 Å². The van der Waals surface area contributed by atoms with Crippen molar-refractivity contribution < 1.29 is 19.1 Å². The van der Waals surface area contributed by atoms with Gasteiger partial charge in [-0.3, -0.25) is 9.78 Å². The van der Waals surface area contributed by atoms with Gasteiger partial charge in [0.25, 0.3) is 5.91 Å². The van der Waals surface area contributed by atoms with E-state index in [1.165, 1.54) is 13.3 Å². The van der Waals surface area contributed by atoms with E-state index in [0.29, 0.717) is 40.7 Å². The highest BCUT2D eigenvalue weighted by atomic mass is 35.5. The number of esters is 1. The van der Waals surface area contributed by atoms with E-state index in [4.69, 9.17) is 21.1 Å². The van der Waals surface area contributed by atoms with Crippen LogP contribution in [0.4, 0.5) is 11.4 Å². The van der Waals surface area contributed by atoms with Crippen LogP contribution in [0, 0.1) is 0 Å². The Morgan fingerprint density at radius 2 is 1.96 bits per heavy atom. The van der Waals surface area contributed by atoms with E-state index in [9.17, 15) is 9.59 Å². The van der Waals surface area contributed by atoms with Crippen LogP contribution in [0.2, 0.25) is 5.02 Å². The second-order valence-corrected chi connectivity index (χ2v) is 5.43. The zero-order valence-electron chi connectivity index (χ0n) is 13.8. The van der Waals surface area contributed by atoms with E-state index in [-0.39, 0.29) is 5.91 Å². The number of hydrogen-bond acceptors (Lipinski definition) is 6. The van der Waals surface area contributed by atoms with Crippen molar-refractivity contribution in [1.29, 1.82) is 0 Å². The monoisotopic (exact) mass is 363 g/mol. The minimum atomic E-state index is -0.468. The van der Waals surface area contributed by atoms with Crippen molar-refractivity contribution in [3.05, 3.63) is 52.8 Å². The summed E-state index contributed by atoms with van der Waals surface area (Å²) in [5, 5.41) is 6.18. The summed E-state index contributed by atoms with van der Waals surface area (Å²) in [7, 11) is 2.87. The normalized spacial score (nSPS) is 10.2. The van der Waals surface area contributed by atoms with Gasteiger partial charge < -0.3 is 20.1 Å². The Morgan fingerprint density at radius 1 is 1.16 bits per heavy atom. The third-order valence-corrected chi connectivity index (χ3v) is 3.59. The Morgan fingerprint density at radius 3 is 2.68 bits per heavy atom. The number of benzene rings is 1. The summed E-state index contributed by atoms with van der Waals surface area (Å²) in [6.45, 7) is 0.826. The molecule has 1 amide bonds. The second kappa shape index (κ2) is 9.00. The lowest BCUT2D eigenvalue weighted by atomic mass is 10.2. The predicted octanol–water partition coefficient (Wildman–Crippen LogP) is 2.64. The molecule has 2 aromatic rings. The molecule has 2 rings (SSSR count). The highest BCUT2D eigenvalue weighted by Crippen LogP contribution is 2.27. The van der Waals surface area contributed by atoms with Gasteiger partial charge in [0.15, 0.2) is 0 Å². The molecule has 132 valence electrons. The molecule has 0 saturated heterocycles. The van der Waals surface area contributed by atoms with Crippen LogP contribution in [0.5, 0.6) is 0 Å². The van der Waals surface area contributed by atoms with Crippen LogP contribution in [0.15, 0.2) is 36.7 Å². The number of aromatic nitrogens is 1. The van der Waals surface area contributed by atoms with Gasteiger partial charge in [0.2, 0.25) is 0 Å². The van der Waals surface area contributed by atoms with Crippen molar-refractivity contribution in [3.63, 3.8) is 0 Å². The number of carbonyl (C=O) groups is 2. The van der Waals surface area contributed by atoms with Gasteiger partial charge in [-0.2, -0.15) is 0 Å². The van der Waals surface area contributed by atoms with Crippen LogP contribution >= 0.6 is 11.6 Å². The van der Waals surface area contributed by atoms with Crippen LogP contribution in [0.1, 0.15) is 20.7 Å².